The van der Waals surface area contributed by atoms with Crippen LogP contribution in [0.5, 0.6) is 0 Å². The van der Waals surface area contributed by atoms with Gasteiger partial charge in [0.1, 0.15) is 5.84 Å². The minimum Gasteiger partial charge on any atom is -0.399 e. The largest absolute Gasteiger partial charge is 0.399 e. The van der Waals surface area contributed by atoms with Gasteiger partial charge in [-0.25, -0.2) is 0 Å². The van der Waals surface area contributed by atoms with Gasteiger partial charge in [-0.2, -0.15) is 15.0 Å². The monoisotopic (exact) mass is 436 g/mol. The maximum absolute atomic E-state index is 5.95. The van der Waals surface area contributed by atoms with E-state index in [9.17, 15) is 0 Å². The third-order valence-corrected chi connectivity index (χ3v) is 6.93. The van der Waals surface area contributed by atoms with Crippen molar-refractivity contribution in [1.29, 1.82) is 0 Å². The molecular weight excluding hydrogens is 408 g/mol. The van der Waals surface area contributed by atoms with Crippen molar-refractivity contribution in [3.05, 3.63) is 35.9 Å². The number of piperazine rings is 1. The van der Waals surface area contributed by atoms with Crippen LogP contribution in [-0.2, 0) is 0 Å². The summed E-state index contributed by atoms with van der Waals surface area (Å²) in [5.74, 6) is 2.80. The third-order valence-electron chi connectivity index (χ3n) is 6.08. The van der Waals surface area contributed by atoms with Crippen LogP contribution in [0.25, 0.3) is 0 Å². The molecule has 0 radical (unpaired) electrons. The van der Waals surface area contributed by atoms with Crippen molar-refractivity contribution in [2.45, 2.75) is 29.3 Å². The summed E-state index contributed by atoms with van der Waals surface area (Å²) in [4.78, 5) is 24.4. The minimum atomic E-state index is 0.542. The lowest BCUT2D eigenvalue weighted by molar-refractivity contribution is 0.311. The topological polar surface area (TPSA) is 95.6 Å². The second-order valence-electron chi connectivity index (χ2n) is 8.38. The molecule has 5 rings (SSSR count). The maximum Gasteiger partial charge on any atom is 0.234 e. The summed E-state index contributed by atoms with van der Waals surface area (Å²) in [5.41, 5.74) is 8.11. The Hall–Kier alpha value is -2.65. The van der Waals surface area contributed by atoms with E-state index in [1.807, 2.05) is 24.3 Å². The van der Waals surface area contributed by atoms with Crippen molar-refractivity contribution in [2.24, 2.45) is 10.9 Å². The predicted molar refractivity (Wildman–Crippen MR) is 126 cm³/mol. The number of nitrogens with zero attached hydrogens (tertiary/aromatic N) is 6. The van der Waals surface area contributed by atoms with Crippen LogP contribution in [0, 0.1) is 5.92 Å². The van der Waals surface area contributed by atoms with E-state index in [4.69, 9.17) is 15.7 Å². The number of amidine groups is 1. The summed E-state index contributed by atoms with van der Waals surface area (Å²) in [7, 11) is 2.14. The van der Waals surface area contributed by atoms with Gasteiger partial charge in [-0.05, 0) is 67.4 Å². The zero-order valence-corrected chi connectivity index (χ0v) is 18.6. The van der Waals surface area contributed by atoms with E-state index >= 15 is 0 Å². The van der Waals surface area contributed by atoms with Crippen LogP contribution in [0.4, 0.5) is 17.6 Å². The summed E-state index contributed by atoms with van der Waals surface area (Å²) in [6, 6.07) is 7.78. The van der Waals surface area contributed by atoms with Gasteiger partial charge in [0, 0.05) is 36.8 Å². The van der Waals surface area contributed by atoms with Gasteiger partial charge in [0.2, 0.25) is 11.9 Å². The highest BCUT2D eigenvalue weighted by atomic mass is 32.2. The van der Waals surface area contributed by atoms with E-state index in [2.05, 4.69) is 38.2 Å². The number of nitrogens with one attached hydrogen (secondary N) is 1. The standard InChI is InChI=1S/C22H28N8S/c1-29-8-10-30(11-9-29)21-26-20(25-19-12-16(14-24-19)15-4-2-5-15)27-22(28-21)31-18-7-3-6-17(23)13-18/h3,6-7,12-13,15H,2,4-5,8-11,14,23H2,1H3,(H,24,25,26,27,28). The van der Waals surface area contributed by atoms with Crippen LogP contribution in [0.1, 0.15) is 19.3 Å². The van der Waals surface area contributed by atoms with E-state index < -0.39 is 0 Å². The first-order valence-corrected chi connectivity index (χ1v) is 11.7. The fraction of sp³-hybridized carbons (Fsp3) is 0.455. The summed E-state index contributed by atoms with van der Waals surface area (Å²) < 4.78 is 0. The number of aliphatic imine (C=N–C) groups is 1. The Labute approximate surface area is 187 Å². The molecule has 1 saturated heterocycles. The Morgan fingerprint density at radius 3 is 2.68 bits per heavy atom. The van der Waals surface area contributed by atoms with Gasteiger partial charge in [0.15, 0.2) is 5.16 Å². The zero-order chi connectivity index (χ0) is 21.2. The summed E-state index contributed by atoms with van der Waals surface area (Å²) in [6.07, 6.45) is 6.08. The molecule has 0 bridgehead atoms. The van der Waals surface area contributed by atoms with Crippen LogP contribution < -0.4 is 16.0 Å². The number of rotatable bonds is 5. The smallest absolute Gasteiger partial charge is 0.234 e. The quantitative estimate of drug-likeness (QED) is 0.691. The molecule has 2 aliphatic heterocycles. The van der Waals surface area contributed by atoms with Gasteiger partial charge >= 0.3 is 0 Å². The Balaban J connectivity index is 1.39. The number of hydrogen-bond donors (Lipinski definition) is 2. The molecule has 0 spiro atoms. The van der Waals surface area contributed by atoms with Gasteiger partial charge < -0.3 is 20.9 Å². The van der Waals surface area contributed by atoms with Crippen molar-refractivity contribution in [3.8, 4) is 0 Å². The zero-order valence-electron chi connectivity index (χ0n) is 17.8. The Bertz CT molecular complexity index is 1010. The van der Waals surface area contributed by atoms with Crippen LogP contribution in [0.15, 0.2) is 51.0 Å². The average molecular weight is 437 g/mol. The fourth-order valence-corrected chi connectivity index (χ4v) is 4.75. The SMILES string of the molecule is CN1CCN(c2nc(NC3=NCC(C4CCC4)=C3)nc(Sc3cccc(N)c3)n2)CC1. The summed E-state index contributed by atoms with van der Waals surface area (Å²) in [6.45, 7) is 4.57. The maximum atomic E-state index is 5.95. The van der Waals surface area contributed by atoms with Crippen LogP contribution in [0.2, 0.25) is 0 Å². The molecule has 1 saturated carbocycles. The number of hydrogen-bond acceptors (Lipinski definition) is 9. The van der Waals surface area contributed by atoms with Crippen LogP contribution in [-0.4, -0.2) is 65.5 Å². The van der Waals surface area contributed by atoms with Crippen LogP contribution >= 0.6 is 11.8 Å². The lowest BCUT2D eigenvalue weighted by Crippen LogP contribution is -2.45. The highest BCUT2D eigenvalue weighted by molar-refractivity contribution is 7.99. The number of nitrogens with two attached hydrogens (primary N) is 1. The van der Waals surface area contributed by atoms with Gasteiger partial charge in [-0.3, -0.25) is 4.99 Å². The van der Waals surface area contributed by atoms with Crippen molar-refractivity contribution < 1.29 is 0 Å². The molecule has 2 fully saturated rings. The van der Waals surface area contributed by atoms with Crippen LogP contribution in [0.3, 0.4) is 0 Å². The van der Waals surface area contributed by atoms with Crippen molar-refractivity contribution in [1.82, 2.24) is 19.9 Å². The molecule has 3 N–H and O–H groups in total. The number of anilines is 3. The Morgan fingerprint density at radius 2 is 1.94 bits per heavy atom. The van der Waals surface area contributed by atoms with E-state index in [0.717, 1.165) is 49.1 Å². The highest BCUT2D eigenvalue weighted by Gasteiger charge is 2.25. The number of aromatic nitrogens is 3. The fourth-order valence-electron chi connectivity index (χ4n) is 3.94. The van der Waals surface area contributed by atoms with E-state index in [1.165, 1.54) is 36.6 Å². The molecule has 9 heteroatoms. The molecule has 0 unspecified atom stereocenters. The third kappa shape index (κ3) is 4.83. The Morgan fingerprint density at radius 1 is 1.10 bits per heavy atom. The normalized spacial score (nSPS) is 19.7. The molecule has 31 heavy (non-hydrogen) atoms. The molecule has 1 aromatic carbocycles. The molecule has 162 valence electrons. The van der Waals surface area contributed by atoms with Gasteiger partial charge in [-0.15, -0.1) is 0 Å². The highest BCUT2D eigenvalue weighted by Crippen LogP contribution is 2.34. The van der Waals surface area contributed by atoms with E-state index in [-0.39, 0.29) is 0 Å². The van der Waals surface area contributed by atoms with Crippen molar-refractivity contribution in [3.63, 3.8) is 0 Å². The number of nitrogen functional groups attached to an aromatic ring is 1. The number of likely N-dealkylation sites (N-methyl/N-ethyl adjacent to an activating group) is 1. The molecule has 3 heterocycles. The van der Waals surface area contributed by atoms with Crippen molar-refractivity contribution >= 4 is 35.2 Å². The first-order valence-electron chi connectivity index (χ1n) is 10.9. The van der Waals surface area contributed by atoms with E-state index in [1.54, 1.807) is 0 Å². The molecule has 1 aliphatic carbocycles. The van der Waals surface area contributed by atoms with E-state index in [0.29, 0.717) is 23.0 Å². The number of benzene rings is 1. The molecular formula is C22H28N8S. The molecule has 2 aromatic rings. The lowest BCUT2D eigenvalue weighted by Gasteiger charge is -2.32. The molecule has 0 atom stereocenters. The van der Waals surface area contributed by atoms with Gasteiger partial charge in [0.25, 0.3) is 0 Å². The lowest BCUT2D eigenvalue weighted by atomic mass is 9.80. The first-order chi connectivity index (χ1) is 15.1. The summed E-state index contributed by atoms with van der Waals surface area (Å²) in [5, 5.41) is 3.99. The van der Waals surface area contributed by atoms with Crippen molar-refractivity contribution in [2.75, 3.05) is 55.7 Å². The minimum absolute atomic E-state index is 0.542. The molecule has 1 aromatic heterocycles. The van der Waals surface area contributed by atoms with Gasteiger partial charge in [-0.1, -0.05) is 12.5 Å². The molecule has 8 nitrogen and oxygen atoms in total. The summed E-state index contributed by atoms with van der Waals surface area (Å²) >= 11 is 1.50. The Kier molecular flexibility index (Phi) is 5.78. The van der Waals surface area contributed by atoms with Gasteiger partial charge in [0.05, 0.1) is 6.54 Å². The molecule has 3 aliphatic rings. The second kappa shape index (κ2) is 8.84. The molecule has 0 amide bonds. The first kappa shape index (κ1) is 20.3. The second-order valence-corrected chi connectivity index (χ2v) is 9.42. The predicted octanol–water partition coefficient (Wildman–Crippen LogP) is 2.91. The average Bonchev–Trinajstić information content (AvgIpc) is 3.14.